The van der Waals surface area contributed by atoms with Crippen molar-refractivity contribution in [2.24, 2.45) is 5.92 Å². The lowest BCUT2D eigenvalue weighted by Crippen LogP contribution is -2.64. The molecule has 2 saturated heterocycles. The first-order valence-electron chi connectivity index (χ1n) is 20.0. The highest BCUT2D eigenvalue weighted by Crippen LogP contribution is 2.29. The summed E-state index contributed by atoms with van der Waals surface area (Å²) >= 11 is 1.33. The first-order chi connectivity index (χ1) is 27.8. The van der Waals surface area contributed by atoms with Crippen LogP contribution in [0, 0.1) is 12.8 Å². The van der Waals surface area contributed by atoms with Crippen LogP contribution in [0.3, 0.4) is 0 Å². The number of fused-ring (bicyclic) bond motifs is 2. The second kappa shape index (κ2) is 21.0. The summed E-state index contributed by atoms with van der Waals surface area (Å²) in [6.45, 7) is 7.47. The van der Waals surface area contributed by atoms with Crippen LogP contribution < -0.4 is 37.5 Å². The van der Waals surface area contributed by atoms with E-state index in [1.165, 1.54) is 17.8 Å². The van der Waals surface area contributed by atoms with Gasteiger partial charge in [0.25, 0.3) is 0 Å². The Morgan fingerprint density at radius 1 is 0.897 bits per heavy atom. The Morgan fingerprint density at radius 3 is 2.31 bits per heavy atom. The van der Waals surface area contributed by atoms with Gasteiger partial charge in [-0.25, -0.2) is 4.79 Å². The van der Waals surface area contributed by atoms with Crippen molar-refractivity contribution in [3.63, 3.8) is 0 Å². The van der Waals surface area contributed by atoms with Gasteiger partial charge in [-0.3, -0.25) is 33.7 Å². The van der Waals surface area contributed by atoms with Gasteiger partial charge in [0.15, 0.2) is 0 Å². The van der Waals surface area contributed by atoms with Crippen LogP contribution in [0.4, 0.5) is 0 Å². The Kier molecular flexibility index (Phi) is 15.9. The highest BCUT2D eigenvalue weighted by atomic mass is 32.2. The van der Waals surface area contributed by atoms with Crippen molar-refractivity contribution < 1.29 is 33.2 Å². The number of rotatable bonds is 11. The minimum Gasteiger partial charge on any atom is -0.423 e. The van der Waals surface area contributed by atoms with E-state index in [1.807, 2.05) is 70.2 Å². The van der Waals surface area contributed by atoms with E-state index in [2.05, 4.69) is 31.9 Å². The minimum atomic E-state index is -1.12. The van der Waals surface area contributed by atoms with Crippen molar-refractivity contribution >= 4 is 58.2 Å². The van der Waals surface area contributed by atoms with Crippen LogP contribution in [0.2, 0.25) is 0 Å². The summed E-state index contributed by atoms with van der Waals surface area (Å²) in [4.78, 5) is 97.4. The van der Waals surface area contributed by atoms with E-state index < -0.39 is 78.5 Å². The summed E-state index contributed by atoms with van der Waals surface area (Å²) < 4.78 is 5.49. The van der Waals surface area contributed by atoms with Crippen LogP contribution >= 0.6 is 11.8 Å². The number of hydrogen-bond donors (Lipinski definition) is 6. The average molecular weight is 818 g/mol. The largest absolute Gasteiger partial charge is 0.423 e. The molecule has 6 amide bonds. The molecule has 1 aromatic heterocycles. The normalized spacial score (nSPS) is 22.8. The molecule has 6 N–H and O–H groups in total. The zero-order valence-electron chi connectivity index (χ0n) is 33.6. The van der Waals surface area contributed by atoms with Crippen molar-refractivity contribution in [3.8, 4) is 0 Å². The standard InChI is InChI=1S/C42H55N7O8S/c1-5-6-16-43-42(56)38-32(24-58-28-14-15-29-26(4)19-37(52)57-34(29)21-28)48-40(54)31(20-27-11-8-7-9-12-27)47-35(50)22-44-39(53)30(18-25(2)3)46-36(51)23-45-41(55)33-13-10-17-49(33)38/h7-9,11-12,14-15,19,21,25,30-33,38H,5-6,10,13,16-18,20,22-24H2,1-4H3,(H,43,56)(H,44,53)(H,45,55)(H,46,51)(H,47,50)(H,48,54)/t30-,31-,32+,33-,38+/m0/s1. The molecule has 15 nitrogen and oxygen atoms in total. The molecule has 0 unspecified atom stereocenters. The fourth-order valence-electron chi connectivity index (χ4n) is 7.37. The lowest BCUT2D eigenvalue weighted by molar-refractivity contribution is -0.135. The van der Waals surface area contributed by atoms with E-state index in [0.717, 1.165) is 22.9 Å². The van der Waals surface area contributed by atoms with Crippen molar-refractivity contribution in [2.75, 3.05) is 31.9 Å². The van der Waals surface area contributed by atoms with Crippen molar-refractivity contribution in [1.82, 2.24) is 36.8 Å². The topological polar surface area (TPSA) is 208 Å². The van der Waals surface area contributed by atoms with Gasteiger partial charge in [0.05, 0.1) is 25.2 Å². The SMILES string of the molecule is CCCCNC(=O)[C@H]1[C@@H](CSc2ccc3c(C)cc(=O)oc3c2)NC(=O)[C@H](Cc2ccccc2)NC(=O)CNC(=O)[C@H](CC(C)C)NC(=O)CNC(=O)[C@@H]2CCCN21. The van der Waals surface area contributed by atoms with Crippen molar-refractivity contribution in [1.29, 1.82) is 0 Å². The maximum Gasteiger partial charge on any atom is 0.336 e. The quantitative estimate of drug-likeness (QED) is 0.0942. The number of thioether (sulfide) groups is 1. The van der Waals surface area contributed by atoms with Gasteiger partial charge in [0.2, 0.25) is 35.4 Å². The molecule has 3 aromatic rings. The van der Waals surface area contributed by atoms with Crippen LogP contribution in [-0.4, -0.2) is 102 Å². The number of nitrogens with one attached hydrogen (secondary N) is 6. The Balaban J connectivity index is 1.55. The molecule has 2 aromatic carbocycles. The van der Waals surface area contributed by atoms with Gasteiger partial charge in [0, 0.05) is 35.1 Å². The Labute approximate surface area is 342 Å². The van der Waals surface area contributed by atoms with E-state index in [0.29, 0.717) is 42.8 Å². The second-order valence-electron chi connectivity index (χ2n) is 15.3. The number of nitrogens with zero attached hydrogens (tertiary/aromatic N) is 1. The molecule has 312 valence electrons. The van der Waals surface area contributed by atoms with Crippen LogP contribution in [0.5, 0.6) is 0 Å². The number of amides is 6. The zero-order valence-corrected chi connectivity index (χ0v) is 34.4. The lowest BCUT2D eigenvalue weighted by atomic mass is 10.0. The molecule has 2 fully saturated rings. The monoisotopic (exact) mass is 817 g/mol. The van der Waals surface area contributed by atoms with E-state index in [1.54, 1.807) is 11.0 Å². The van der Waals surface area contributed by atoms with Crippen LogP contribution in [0.1, 0.15) is 64.0 Å². The summed E-state index contributed by atoms with van der Waals surface area (Å²) in [6.07, 6.45) is 2.89. The summed E-state index contributed by atoms with van der Waals surface area (Å²) in [5.74, 6) is -3.03. The smallest absolute Gasteiger partial charge is 0.336 e. The fourth-order valence-corrected chi connectivity index (χ4v) is 8.36. The third kappa shape index (κ3) is 12.1. The number of benzene rings is 2. The average Bonchev–Trinajstić information content (AvgIpc) is 3.67. The maximum absolute atomic E-state index is 14.5. The Bertz CT molecular complexity index is 2010. The maximum atomic E-state index is 14.5. The molecule has 5 rings (SSSR count). The molecule has 0 aliphatic carbocycles. The zero-order chi connectivity index (χ0) is 41.8. The summed E-state index contributed by atoms with van der Waals surface area (Å²) in [7, 11) is 0. The number of aryl methyl sites for hydroxylation is 1. The Morgan fingerprint density at radius 2 is 1.60 bits per heavy atom. The van der Waals surface area contributed by atoms with Crippen molar-refractivity contribution in [3.05, 3.63) is 76.1 Å². The van der Waals surface area contributed by atoms with E-state index in [-0.39, 0.29) is 30.4 Å². The van der Waals surface area contributed by atoms with Gasteiger partial charge in [-0.2, -0.15) is 0 Å². The molecule has 58 heavy (non-hydrogen) atoms. The molecule has 0 bridgehead atoms. The predicted molar refractivity (Wildman–Crippen MR) is 221 cm³/mol. The molecule has 16 heteroatoms. The number of hydrogen-bond acceptors (Lipinski definition) is 10. The third-order valence-electron chi connectivity index (χ3n) is 10.3. The van der Waals surface area contributed by atoms with Crippen LogP contribution in [0.25, 0.3) is 11.0 Å². The fraction of sp³-hybridized carbons (Fsp3) is 0.500. The number of unbranched alkanes of at least 4 members (excludes halogenated alkanes) is 1. The number of carbonyl (C=O) groups is 6. The van der Waals surface area contributed by atoms with Gasteiger partial charge in [0.1, 0.15) is 23.7 Å². The molecule has 2 aliphatic rings. The molecule has 3 heterocycles. The van der Waals surface area contributed by atoms with Gasteiger partial charge in [-0.15, -0.1) is 11.8 Å². The van der Waals surface area contributed by atoms with Gasteiger partial charge in [-0.1, -0.05) is 57.5 Å². The van der Waals surface area contributed by atoms with Gasteiger partial charge >= 0.3 is 5.63 Å². The second-order valence-corrected chi connectivity index (χ2v) is 16.4. The molecule has 0 spiro atoms. The van der Waals surface area contributed by atoms with Crippen LogP contribution in [0.15, 0.2) is 68.7 Å². The highest BCUT2D eigenvalue weighted by molar-refractivity contribution is 7.99. The molecular weight excluding hydrogens is 763 g/mol. The summed E-state index contributed by atoms with van der Waals surface area (Å²) in [5, 5.41) is 17.7. The highest BCUT2D eigenvalue weighted by Gasteiger charge is 2.43. The molecule has 0 radical (unpaired) electrons. The predicted octanol–water partition coefficient (Wildman–Crippen LogP) is 1.93. The first-order valence-corrected chi connectivity index (χ1v) is 21.0. The van der Waals surface area contributed by atoms with E-state index in [4.69, 9.17) is 4.42 Å². The summed E-state index contributed by atoms with van der Waals surface area (Å²) in [5.41, 5.74) is 1.44. The summed E-state index contributed by atoms with van der Waals surface area (Å²) in [6, 6.07) is 11.2. The van der Waals surface area contributed by atoms with E-state index in [9.17, 15) is 33.6 Å². The number of carbonyl (C=O) groups excluding carboxylic acids is 6. The minimum absolute atomic E-state index is 0.0148. The first kappa shape index (κ1) is 43.9. The van der Waals surface area contributed by atoms with Crippen LogP contribution in [-0.2, 0) is 35.2 Å². The van der Waals surface area contributed by atoms with Gasteiger partial charge < -0.3 is 36.3 Å². The molecule has 0 saturated carbocycles. The molecular formula is C42H55N7O8S. The van der Waals surface area contributed by atoms with Crippen molar-refractivity contribution in [2.45, 2.75) is 101 Å². The Hall–Kier alpha value is -5.22. The lowest BCUT2D eigenvalue weighted by Gasteiger charge is -2.37. The third-order valence-corrected chi connectivity index (χ3v) is 11.4. The van der Waals surface area contributed by atoms with E-state index >= 15 is 0 Å². The molecule has 5 atom stereocenters. The van der Waals surface area contributed by atoms with Gasteiger partial charge in [-0.05, 0) is 74.4 Å². The molecule has 2 aliphatic heterocycles.